The highest BCUT2D eigenvalue weighted by Crippen LogP contribution is 2.35. The van der Waals surface area contributed by atoms with Gasteiger partial charge in [-0.3, -0.25) is 0 Å². The molecule has 2 saturated heterocycles. The molecule has 2 fully saturated rings. The van der Waals surface area contributed by atoms with E-state index in [0.29, 0.717) is 5.56 Å². The third kappa shape index (κ3) is 12.7. The van der Waals surface area contributed by atoms with Gasteiger partial charge in [-0.15, -0.1) is 0 Å². The molecule has 2 heterocycles. The molecule has 69 heavy (non-hydrogen) atoms. The molecule has 6 aromatic carbocycles. The van der Waals surface area contributed by atoms with Gasteiger partial charge in [-0.05, 0) is 59.7 Å². The molecular formula is C54H50O15. The highest BCUT2D eigenvalue weighted by atomic mass is 16.8. The van der Waals surface area contributed by atoms with Crippen LogP contribution in [0.4, 0.5) is 0 Å². The van der Waals surface area contributed by atoms with Crippen LogP contribution in [0.15, 0.2) is 182 Å². The number of carbonyl (C=O) groups is 4. The van der Waals surface area contributed by atoms with Crippen molar-refractivity contribution in [1.82, 2.24) is 0 Å². The molecule has 8 rings (SSSR count). The van der Waals surface area contributed by atoms with E-state index in [1.165, 1.54) is 36.4 Å². The molecule has 2 N–H and O–H groups in total. The quantitative estimate of drug-likeness (QED) is 0.0700. The number of hydrogen-bond acceptors (Lipinski definition) is 15. The highest BCUT2D eigenvalue weighted by molar-refractivity contribution is 5.91. The van der Waals surface area contributed by atoms with Crippen LogP contribution in [0.25, 0.3) is 0 Å². The lowest BCUT2D eigenvalue weighted by Crippen LogP contribution is -2.66. The third-order valence-corrected chi connectivity index (χ3v) is 11.3. The fourth-order valence-electron chi connectivity index (χ4n) is 7.80. The van der Waals surface area contributed by atoms with Gasteiger partial charge in [0.05, 0.1) is 42.1 Å². The van der Waals surface area contributed by atoms with Gasteiger partial charge in [0.15, 0.2) is 30.9 Å². The van der Waals surface area contributed by atoms with Crippen molar-refractivity contribution in [2.24, 2.45) is 0 Å². The molecule has 0 aliphatic carbocycles. The predicted octanol–water partition coefficient (Wildman–Crippen LogP) is 6.51. The second-order valence-corrected chi connectivity index (χ2v) is 16.1. The number of ether oxygens (including phenoxy) is 9. The Morgan fingerprint density at radius 1 is 0.420 bits per heavy atom. The number of esters is 4. The van der Waals surface area contributed by atoms with Crippen molar-refractivity contribution in [3.05, 3.63) is 215 Å². The molecule has 2 aliphatic rings. The van der Waals surface area contributed by atoms with Gasteiger partial charge in [-0.25, -0.2) is 19.2 Å². The number of hydrogen-bond donors (Lipinski definition) is 2. The van der Waals surface area contributed by atoms with Crippen LogP contribution in [0.2, 0.25) is 0 Å². The summed E-state index contributed by atoms with van der Waals surface area (Å²) in [4.78, 5) is 55.9. The van der Waals surface area contributed by atoms with E-state index in [4.69, 9.17) is 42.6 Å². The van der Waals surface area contributed by atoms with Crippen LogP contribution in [0.3, 0.4) is 0 Å². The van der Waals surface area contributed by atoms with Gasteiger partial charge in [0, 0.05) is 0 Å². The standard InChI is InChI=1S/C54H50O15/c55-43-41(33-61-31-35-19-7-1-8-20-35)64-53(60)47(62-32-36-21-9-2-10-22-36)45(43)69-54-48(68-52(59)40-29-17-6-18-30-40)46(67-51(58)39-27-15-5-16-28-39)44(66-50(57)38-25-13-4-14-26-38)42(65-54)34-63-49(56)37-23-11-3-12-24-37/h1-30,41-48,53-55,60H,31-34H2/t41-,42-,43-,44-,45+,46+,47-,48-,53+,54+/m1/s1. The first kappa shape index (κ1) is 48.4. The van der Waals surface area contributed by atoms with Crippen LogP contribution in [0.1, 0.15) is 52.6 Å². The lowest BCUT2D eigenvalue weighted by atomic mass is 9.96. The second-order valence-electron chi connectivity index (χ2n) is 16.1. The summed E-state index contributed by atoms with van der Waals surface area (Å²) in [7, 11) is 0. The molecule has 2 aliphatic heterocycles. The van der Waals surface area contributed by atoms with E-state index >= 15 is 0 Å². The van der Waals surface area contributed by atoms with Crippen LogP contribution in [0, 0.1) is 0 Å². The Labute approximate surface area is 398 Å². The summed E-state index contributed by atoms with van der Waals surface area (Å²) in [6, 6.07) is 50.3. The average molecular weight is 939 g/mol. The van der Waals surface area contributed by atoms with Crippen molar-refractivity contribution in [3.8, 4) is 0 Å². The molecule has 0 aromatic heterocycles. The molecule has 6 aromatic rings. The Kier molecular flexibility index (Phi) is 16.7. The van der Waals surface area contributed by atoms with E-state index in [1.54, 1.807) is 109 Å². The largest absolute Gasteiger partial charge is 0.459 e. The normalized spacial score (nSPS) is 24.3. The minimum Gasteiger partial charge on any atom is -0.459 e. The van der Waals surface area contributed by atoms with Crippen molar-refractivity contribution >= 4 is 23.9 Å². The Morgan fingerprint density at radius 2 is 0.841 bits per heavy atom. The van der Waals surface area contributed by atoms with Crippen molar-refractivity contribution < 1.29 is 72.0 Å². The average Bonchev–Trinajstić information content (AvgIpc) is 3.39. The first-order valence-electron chi connectivity index (χ1n) is 22.3. The summed E-state index contributed by atoms with van der Waals surface area (Å²) in [5.41, 5.74) is 2.04. The molecule has 0 amide bonds. The van der Waals surface area contributed by atoms with E-state index in [0.717, 1.165) is 5.56 Å². The van der Waals surface area contributed by atoms with Gasteiger partial charge in [-0.1, -0.05) is 133 Å². The molecule has 15 heteroatoms. The van der Waals surface area contributed by atoms with Crippen molar-refractivity contribution in [2.45, 2.75) is 74.6 Å². The number of benzene rings is 6. The molecule has 10 atom stereocenters. The second kappa shape index (κ2) is 23.8. The maximum absolute atomic E-state index is 14.2. The molecular weight excluding hydrogens is 889 g/mol. The lowest BCUT2D eigenvalue weighted by molar-refractivity contribution is -0.359. The van der Waals surface area contributed by atoms with Gasteiger partial charge < -0.3 is 52.8 Å². The molecule has 0 saturated carbocycles. The Bertz CT molecular complexity index is 2550. The molecule has 0 radical (unpaired) electrons. The fourth-order valence-corrected chi connectivity index (χ4v) is 7.80. The first-order valence-corrected chi connectivity index (χ1v) is 22.3. The van der Waals surface area contributed by atoms with Gasteiger partial charge in [0.2, 0.25) is 0 Å². The van der Waals surface area contributed by atoms with Gasteiger partial charge >= 0.3 is 23.9 Å². The summed E-state index contributed by atoms with van der Waals surface area (Å²) in [6.45, 7) is -0.767. The summed E-state index contributed by atoms with van der Waals surface area (Å²) in [6.07, 6.45) is -16.1. The van der Waals surface area contributed by atoms with E-state index in [1.807, 2.05) is 36.4 Å². The van der Waals surface area contributed by atoms with Crippen LogP contribution in [0.5, 0.6) is 0 Å². The SMILES string of the molecule is O=C(OC[C@H]1O[C@@H](O[C@H]2[C@H](O)[C@@H](COCc3ccccc3)O[C@H](O)[C@@H]2OCc2ccccc2)[C@H](OC(=O)c2ccccc2)[C@@H](OC(=O)c2ccccc2)[C@@H]1OC(=O)c1ccccc1)c1ccccc1. The van der Waals surface area contributed by atoms with Crippen LogP contribution in [-0.4, -0.2) is 109 Å². The first-order chi connectivity index (χ1) is 33.7. The Hall–Kier alpha value is -7.08. The number of rotatable bonds is 18. The summed E-state index contributed by atoms with van der Waals surface area (Å²) < 4.78 is 55.8. The lowest BCUT2D eigenvalue weighted by Gasteiger charge is -2.48. The monoisotopic (exact) mass is 938 g/mol. The topological polar surface area (TPSA) is 192 Å². The van der Waals surface area contributed by atoms with Gasteiger partial charge in [0.25, 0.3) is 0 Å². The number of aliphatic hydroxyl groups is 2. The van der Waals surface area contributed by atoms with E-state index in [2.05, 4.69) is 0 Å². The summed E-state index contributed by atoms with van der Waals surface area (Å²) >= 11 is 0. The molecule has 0 bridgehead atoms. The Morgan fingerprint density at radius 3 is 1.33 bits per heavy atom. The smallest absolute Gasteiger partial charge is 0.338 e. The van der Waals surface area contributed by atoms with Crippen LogP contribution >= 0.6 is 0 Å². The number of carbonyl (C=O) groups excluding carboxylic acids is 4. The minimum atomic E-state index is -1.84. The van der Waals surface area contributed by atoms with Gasteiger partial charge in [0.1, 0.15) is 37.1 Å². The van der Waals surface area contributed by atoms with Crippen LogP contribution in [-0.2, 0) is 55.8 Å². The maximum atomic E-state index is 14.2. The third-order valence-electron chi connectivity index (χ3n) is 11.3. The van der Waals surface area contributed by atoms with Crippen LogP contribution < -0.4 is 0 Å². The zero-order valence-corrected chi connectivity index (χ0v) is 37.1. The van der Waals surface area contributed by atoms with Gasteiger partial charge in [-0.2, -0.15) is 0 Å². The van der Waals surface area contributed by atoms with Crippen molar-refractivity contribution in [3.63, 3.8) is 0 Å². The predicted molar refractivity (Wildman–Crippen MR) is 245 cm³/mol. The summed E-state index contributed by atoms with van der Waals surface area (Å²) in [5, 5.41) is 23.9. The molecule has 0 spiro atoms. The van der Waals surface area contributed by atoms with E-state index in [9.17, 15) is 29.4 Å². The van der Waals surface area contributed by atoms with Crippen molar-refractivity contribution in [2.75, 3.05) is 13.2 Å². The summed E-state index contributed by atoms with van der Waals surface area (Å²) in [5.74, 6) is -3.48. The zero-order chi connectivity index (χ0) is 48.0. The molecule has 0 unspecified atom stereocenters. The van der Waals surface area contributed by atoms with E-state index in [-0.39, 0.29) is 42.1 Å². The molecule has 15 nitrogen and oxygen atoms in total. The maximum Gasteiger partial charge on any atom is 0.338 e. The van der Waals surface area contributed by atoms with E-state index < -0.39 is 91.9 Å². The zero-order valence-electron chi connectivity index (χ0n) is 37.1. The fraction of sp³-hybridized carbons (Fsp3) is 0.259. The minimum absolute atomic E-state index is 0.0709. The molecule has 356 valence electrons. The Balaban J connectivity index is 1.19. The number of aliphatic hydroxyl groups excluding tert-OH is 2. The van der Waals surface area contributed by atoms with Crippen molar-refractivity contribution in [1.29, 1.82) is 0 Å². The highest BCUT2D eigenvalue weighted by Gasteiger charge is 2.56.